The van der Waals surface area contributed by atoms with Gasteiger partial charge in [0.2, 0.25) is 0 Å². The largest absolute Gasteiger partial charge is 0.274 e. The van der Waals surface area contributed by atoms with Gasteiger partial charge in [-0.2, -0.15) is 0 Å². The Morgan fingerprint density at radius 3 is 2.50 bits per heavy atom. The molecule has 0 fully saturated rings. The van der Waals surface area contributed by atoms with E-state index in [0.29, 0.717) is 17.2 Å². The molecule has 2 heterocycles. The fourth-order valence-corrected chi connectivity index (χ4v) is 2.88. The van der Waals surface area contributed by atoms with Crippen LogP contribution < -0.4 is 5.14 Å². The second-order valence-electron chi connectivity index (χ2n) is 3.90. The third-order valence-corrected chi connectivity index (χ3v) is 3.92. The number of hydrogen-bond donors (Lipinski definition) is 1. The maximum absolute atomic E-state index is 11.6. The zero-order valence-electron chi connectivity index (χ0n) is 10.0. The van der Waals surface area contributed by atoms with Crippen LogP contribution in [0.4, 0.5) is 0 Å². The summed E-state index contributed by atoms with van der Waals surface area (Å²) in [7, 11) is -3.99. The lowest BCUT2D eigenvalue weighted by Gasteiger charge is -2.07. The molecule has 0 bridgehead atoms. The van der Waals surface area contributed by atoms with Crippen molar-refractivity contribution in [1.29, 1.82) is 0 Å². The lowest BCUT2D eigenvalue weighted by atomic mass is 10.3. The molecule has 0 amide bonds. The van der Waals surface area contributed by atoms with Crippen LogP contribution in [0.5, 0.6) is 0 Å². The SMILES string of the molecule is NS(=O)(=O)c1nnc(-c2cscn2)n1-c1ccccc1. The Kier molecular flexibility index (Phi) is 3.08. The average Bonchev–Trinajstić information content (AvgIpc) is 3.07. The number of benzene rings is 1. The Hall–Kier alpha value is -2.10. The van der Waals surface area contributed by atoms with Crippen molar-refractivity contribution in [2.24, 2.45) is 5.14 Å². The van der Waals surface area contributed by atoms with Gasteiger partial charge in [0.05, 0.1) is 11.2 Å². The molecule has 7 nitrogen and oxygen atoms in total. The summed E-state index contributed by atoms with van der Waals surface area (Å²) in [4.78, 5) is 4.13. The zero-order chi connectivity index (χ0) is 14.2. The van der Waals surface area contributed by atoms with Crippen molar-refractivity contribution < 1.29 is 8.42 Å². The molecule has 3 rings (SSSR count). The van der Waals surface area contributed by atoms with Gasteiger partial charge in [0, 0.05) is 5.38 Å². The monoisotopic (exact) mass is 307 g/mol. The minimum absolute atomic E-state index is 0.313. The molecule has 0 aliphatic carbocycles. The second kappa shape index (κ2) is 4.78. The van der Waals surface area contributed by atoms with Crippen LogP contribution in [0, 0.1) is 0 Å². The number of primary sulfonamides is 1. The van der Waals surface area contributed by atoms with Gasteiger partial charge < -0.3 is 0 Å². The van der Waals surface area contributed by atoms with Crippen LogP contribution in [0.2, 0.25) is 0 Å². The Labute approximate surface area is 118 Å². The summed E-state index contributed by atoms with van der Waals surface area (Å²) in [5, 5.41) is 14.2. The predicted octanol–water partition coefficient (Wildman–Crippen LogP) is 1.04. The highest BCUT2D eigenvalue weighted by atomic mass is 32.2. The van der Waals surface area contributed by atoms with Crippen molar-refractivity contribution in [3.8, 4) is 17.2 Å². The van der Waals surface area contributed by atoms with Crippen molar-refractivity contribution in [3.05, 3.63) is 41.2 Å². The molecule has 0 atom stereocenters. The van der Waals surface area contributed by atoms with E-state index in [0.717, 1.165) is 0 Å². The maximum atomic E-state index is 11.6. The van der Waals surface area contributed by atoms with E-state index in [1.165, 1.54) is 15.9 Å². The van der Waals surface area contributed by atoms with Gasteiger partial charge in [-0.05, 0) is 12.1 Å². The third kappa shape index (κ3) is 2.22. The van der Waals surface area contributed by atoms with E-state index in [-0.39, 0.29) is 5.16 Å². The molecule has 102 valence electrons. The van der Waals surface area contributed by atoms with Crippen molar-refractivity contribution in [2.45, 2.75) is 5.16 Å². The highest BCUT2D eigenvalue weighted by Crippen LogP contribution is 2.24. The molecule has 2 aromatic heterocycles. The van der Waals surface area contributed by atoms with E-state index < -0.39 is 10.0 Å². The molecular weight excluding hydrogens is 298 g/mol. The van der Waals surface area contributed by atoms with E-state index in [4.69, 9.17) is 5.14 Å². The Bertz CT molecular complexity index is 825. The topological polar surface area (TPSA) is 104 Å². The number of nitrogens with zero attached hydrogens (tertiary/aromatic N) is 4. The first-order valence-corrected chi connectivity index (χ1v) is 7.98. The lowest BCUT2D eigenvalue weighted by molar-refractivity contribution is 0.585. The Morgan fingerprint density at radius 2 is 1.90 bits per heavy atom. The van der Waals surface area contributed by atoms with Gasteiger partial charge in [0.15, 0.2) is 5.82 Å². The number of hydrogen-bond acceptors (Lipinski definition) is 6. The first-order chi connectivity index (χ1) is 9.57. The van der Waals surface area contributed by atoms with Gasteiger partial charge in [-0.1, -0.05) is 18.2 Å². The van der Waals surface area contributed by atoms with Crippen molar-refractivity contribution in [3.63, 3.8) is 0 Å². The van der Waals surface area contributed by atoms with E-state index in [9.17, 15) is 8.42 Å². The predicted molar refractivity (Wildman–Crippen MR) is 73.8 cm³/mol. The van der Waals surface area contributed by atoms with E-state index in [1.54, 1.807) is 35.2 Å². The second-order valence-corrected chi connectivity index (χ2v) is 6.07. The van der Waals surface area contributed by atoms with E-state index in [2.05, 4.69) is 15.2 Å². The van der Waals surface area contributed by atoms with Gasteiger partial charge in [0.1, 0.15) is 5.69 Å². The highest BCUT2D eigenvalue weighted by Gasteiger charge is 2.23. The van der Waals surface area contributed by atoms with Gasteiger partial charge >= 0.3 is 0 Å². The van der Waals surface area contributed by atoms with Crippen LogP contribution in [0.3, 0.4) is 0 Å². The van der Waals surface area contributed by atoms with Crippen molar-refractivity contribution >= 4 is 21.4 Å². The molecule has 0 saturated carbocycles. The van der Waals surface area contributed by atoms with Crippen molar-refractivity contribution in [1.82, 2.24) is 19.7 Å². The van der Waals surface area contributed by atoms with E-state index >= 15 is 0 Å². The molecular formula is C11H9N5O2S2. The van der Waals surface area contributed by atoms with Crippen LogP contribution in [0.25, 0.3) is 17.2 Å². The quantitative estimate of drug-likeness (QED) is 0.778. The van der Waals surface area contributed by atoms with Crippen molar-refractivity contribution in [2.75, 3.05) is 0 Å². The number of nitrogens with two attached hydrogens (primary N) is 1. The normalized spacial score (nSPS) is 11.7. The first-order valence-electron chi connectivity index (χ1n) is 5.49. The average molecular weight is 307 g/mol. The molecule has 0 saturated heterocycles. The van der Waals surface area contributed by atoms with Gasteiger partial charge in [-0.15, -0.1) is 21.5 Å². The molecule has 0 unspecified atom stereocenters. The summed E-state index contributed by atoms with van der Waals surface area (Å²) in [5.41, 5.74) is 2.78. The molecule has 0 aliphatic rings. The Morgan fingerprint density at radius 1 is 1.15 bits per heavy atom. The van der Waals surface area contributed by atoms with Crippen LogP contribution >= 0.6 is 11.3 Å². The maximum Gasteiger partial charge on any atom is 0.274 e. The summed E-state index contributed by atoms with van der Waals surface area (Å²) < 4.78 is 24.7. The number of sulfonamides is 1. The van der Waals surface area contributed by atoms with Crippen LogP contribution in [0.15, 0.2) is 46.4 Å². The molecule has 20 heavy (non-hydrogen) atoms. The fraction of sp³-hybridized carbons (Fsp3) is 0. The number of aromatic nitrogens is 4. The number of thiazole rings is 1. The summed E-state index contributed by atoms with van der Waals surface area (Å²) in [6, 6.07) is 8.88. The summed E-state index contributed by atoms with van der Waals surface area (Å²) >= 11 is 1.38. The zero-order valence-corrected chi connectivity index (χ0v) is 11.7. The molecule has 9 heteroatoms. The standard InChI is InChI=1S/C11H9N5O2S2/c12-20(17,18)11-15-14-10(9-6-19-7-13-9)16(11)8-4-2-1-3-5-8/h1-7H,(H2,12,17,18). The first kappa shape index (κ1) is 12.9. The smallest absolute Gasteiger partial charge is 0.263 e. The van der Waals surface area contributed by atoms with E-state index in [1.807, 2.05) is 6.07 Å². The number of para-hydroxylation sites is 1. The molecule has 0 spiro atoms. The fourth-order valence-electron chi connectivity index (χ4n) is 1.75. The molecule has 3 aromatic rings. The lowest BCUT2D eigenvalue weighted by Crippen LogP contribution is -2.18. The van der Waals surface area contributed by atoms with Crippen LogP contribution in [0.1, 0.15) is 0 Å². The van der Waals surface area contributed by atoms with Gasteiger partial charge in [0.25, 0.3) is 15.2 Å². The third-order valence-electron chi connectivity index (χ3n) is 2.56. The highest BCUT2D eigenvalue weighted by molar-refractivity contribution is 7.89. The minimum atomic E-state index is -3.99. The molecule has 1 aromatic carbocycles. The summed E-state index contributed by atoms with van der Waals surface area (Å²) in [5.74, 6) is 0.335. The number of rotatable bonds is 3. The minimum Gasteiger partial charge on any atom is -0.263 e. The Balaban J connectivity index is 2.31. The molecule has 0 radical (unpaired) electrons. The van der Waals surface area contributed by atoms with Gasteiger partial charge in [-0.3, -0.25) is 4.57 Å². The molecule has 0 aliphatic heterocycles. The summed E-state index contributed by atoms with van der Waals surface area (Å²) in [6.07, 6.45) is 0. The molecule has 2 N–H and O–H groups in total. The van der Waals surface area contributed by atoms with Gasteiger partial charge in [-0.25, -0.2) is 18.5 Å². The van der Waals surface area contributed by atoms with Crippen LogP contribution in [-0.4, -0.2) is 28.2 Å². The van der Waals surface area contributed by atoms with Crippen LogP contribution in [-0.2, 0) is 10.0 Å². The summed E-state index contributed by atoms with van der Waals surface area (Å²) in [6.45, 7) is 0.